The maximum Gasteiger partial charge on any atom is 0.267 e. The Hall–Kier alpha value is -2.78. The number of hydrogen-bond acceptors (Lipinski definition) is 6. The Kier molecular flexibility index (Phi) is 10.5. The third-order valence-electron chi connectivity index (χ3n) is 4.26. The second-order valence-electron chi connectivity index (χ2n) is 6.57. The van der Waals surface area contributed by atoms with Crippen LogP contribution in [0.15, 0.2) is 60.7 Å². The zero-order valence-corrected chi connectivity index (χ0v) is 16.7. The van der Waals surface area contributed by atoms with E-state index in [1.54, 1.807) is 0 Å². The van der Waals surface area contributed by atoms with E-state index in [0.29, 0.717) is 0 Å². The number of hydrogen-bond donors (Lipinski definition) is 4. The highest BCUT2D eigenvalue weighted by Crippen LogP contribution is 2.08. The van der Waals surface area contributed by atoms with Gasteiger partial charge in [-0.15, -0.1) is 0 Å². The van der Waals surface area contributed by atoms with Crippen LogP contribution < -0.4 is 10.9 Å². The van der Waals surface area contributed by atoms with Crippen molar-refractivity contribution in [3.05, 3.63) is 71.8 Å². The number of amides is 2. The molecule has 4 N–H and O–H groups in total. The fourth-order valence-corrected chi connectivity index (χ4v) is 2.64. The van der Waals surface area contributed by atoms with Crippen LogP contribution in [-0.4, -0.2) is 47.4 Å². The topological polar surface area (TPSA) is 117 Å². The molecule has 0 aliphatic rings. The van der Waals surface area contributed by atoms with E-state index in [4.69, 9.17) is 9.47 Å². The number of carbonyl (C=O) groups is 2. The molecule has 0 aliphatic heterocycles. The van der Waals surface area contributed by atoms with Crippen molar-refractivity contribution in [1.82, 2.24) is 10.9 Å². The lowest BCUT2D eigenvalue weighted by Gasteiger charge is -2.20. The maximum absolute atomic E-state index is 12.4. The highest BCUT2D eigenvalue weighted by atomic mass is 16.5. The van der Waals surface area contributed by atoms with E-state index in [2.05, 4.69) is 10.9 Å². The Morgan fingerprint density at radius 1 is 0.700 bits per heavy atom. The number of carbonyl (C=O) groups excluding carboxylic acids is 2. The van der Waals surface area contributed by atoms with Gasteiger partial charge in [0.15, 0.2) is 0 Å². The Labute approximate surface area is 175 Å². The van der Waals surface area contributed by atoms with Crippen molar-refractivity contribution in [2.75, 3.05) is 13.2 Å². The minimum absolute atomic E-state index is 0.0825. The van der Waals surface area contributed by atoms with Gasteiger partial charge >= 0.3 is 0 Å². The van der Waals surface area contributed by atoms with Crippen LogP contribution in [0.2, 0.25) is 0 Å². The third kappa shape index (κ3) is 8.30. The van der Waals surface area contributed by atoms with Gasteiger partial charge in [0.2, 0.25) is 0 Å². The Morgan fingerprint density at radius 2 is 1.07 bits per heavy atom. The molecule has 2 unspecified atom stereocenters. The lowest BCUT2D eigenvalue weighted by atomic mass is 10.2. The molecule has 0 fully saturated rings. The second kappa shape index (κ2) is 13.4. The molecule has 0 aromatic heterocycles. The Morgan fingerprint density at radius 3 is 1.40 bits per heavy atom. The smallest absolute Gasteiger partial charge is 0.267 e. The molecule has 0 heterocycles. The molecule has 162 valence electrons. The third-order valence-corrected chi connectivity index (χ3v) is 4.26. The van der Waals surface area contributed by atoms with Crippen LogP contribution in [0.25, 0.3) is 0 Å². The number of aliphatic hydroxyl groups excluding tert-OH is 2. The van der Waals surface area contributed by atoms with Gasteiger partial charge < -0.3 is 19.7 Å². The largest absolute Gasteiger partial charge is 0.396 e. The Balaban J connectivity index is 1.84. The van der Waals surface area contributed by atoms with Crippen molar-refractivity contribution >= 4 is 11.8 Å². The van der Waals surface area contributed by atoms with Crippen LogP contribution in [0.5, 0.6) is 0 Å². The van der Waals surface area contributed by atoms with Gasteiger partial charge in [-0.25, -0.2) is 0 Å². The monoisotopic (exact) mass is 416 g/mol. The molecule has 2 aromatic rings. The van der Waals surface area contributed by atoms with E-state index < -0.39 is 24.0 Å². The van der Waals surface area contributed by atoms with E-state index in [-0.39, 0.29) is 39.3 Å². The lowest BCUT2D eigenvalue weighted by Crippen LogP contribution is -2.51. The standard InChI is InChI=1S/C22H28N2O6/c25-13-11-19(29-15-17-7-3-1-4-8-17)21(27)23-24-22(28)20(12-14-26)30-16-18-9-5-2-6-10-18/h1-10,19-20,25-26H,11-16H2,(H,23,27)(H,24,28). The van der Waals surface area contributed by atoms with Gasteiger partial charge in [0, 0.05) is 26.1 Å². The van der Waals surface area contributed by atoms with Crippen molar-refractivity contribution in [3.63, 3.8) is 0 Å². The molecule has 0 spiro atoms. The molecule has 2 rings (SSSR count). The Bertz CT molecular complexity index is 691. The summed E-state index contributed by atoms with van der Waals surface area (Å²) in [6, 6.07) is 18.6. The molecule has 0 radical (unpaired) electrons. The number of hydrazine groups is 1. The van der Waals surface area contributed by atoms with Crippen LogP contribution in [-0.2, 0) is 32.3 Å². The first-order valence-corrected chi connectivity index (χ1v) is 9.76. The van der Waals surface area contributed by atoms with Crippen LogP contribution in [0.1, 0.15) is 24.0 Å². The predicted molar refractivity (Wildman–Crippen MR) is 110 cm³/mol. The molecule has 2 amide bonds. The average molecular weight is 416 g/mol. The molecule has 0 saturated heterocycles. The van der Waals surface area contributed by atoms with Crippen molar-refractivity contribution in [2.45, 2.75) is 38.3 Å². The summed E-state index contributed by atoms with van der Waals surface area (Å²) in [7, 11) is 0. The first kappa shape index (κ1) is 23.5. The van der Waals surface area contributed by atoms with Gasteiger partial charge in [0.25, 0.3) is 11.8 Å². The summed E-state index contributed by atoms with van der Waals surface area (Å²) in [4.78, 5) is 24.7. The van der Waals surface area contributed by atoms with Crippen LogP contribution >= 0.6 is 0 Å². The van der Waals surface area contributed by atoms with Gasteiger partial charge in [0.05, 0.1) is 13.2 Å². The molecule has 0 saturated carbocycles. The average Bonchev–Trinajstić information content (AvgIpc) is 2.79. The van der Waals surface area contributed by atoms with Gasteiger partial charge in [-0.1, -0.05) is 60.7 Å². The van der Waals surface area contributed by atoms with Crippen LogP contribution in [0.3, 0.4) is 0 Å². The molecule has 0 aliphatic carbocycles. The first-order chi connectivity index (χ1) is 14.6. The fourth-order valence-electron chi connectivity index (χ4n) is 2.64. The predicted octanol–water partition coefficient (Wildman–Crippen LogP) is 1.07. The normalized spacial score (nSPS) is 12.7. The number of aliphatic hydroxyl groups is 2. The molecule has 2 aromatic carbocycles. The molecule has 30 heavy (non-hydrogen) atoms. The molecular weight excluding hydrogens is 388 g/mol. The summed E-state index contributed by atoms with van der Waals surface area (Å²) in [5.41, 5.74) is 6.38. The van der Waals surface area contributed by atoms with Crippen LogP contribution in [0.4, 0.5) is 0 Å². The highest BCUT2D eigenvalue weighted by molar-refractivity contribution is 5.86. The quantitative estimate of drug-likeness (QED) is 0.385. The van der Waals surface area contributed by atoms with Gasteiger partial charge in [0.1, 0.15) is 12.2 Å². The van der Waals surface area contributed by atoms with Crippen LogP contribution in [0, 0.1) is 0 Å². The summed E-state index contributed by atoms with van der Waals surface area (Å²) in [5, 5.41) is 18.4. The molecular formula is C22H28N2O6. The minimum atomic E-state index is -0.933. The highest BCUT2D eigenvalue weighted by Gasteiger charge is 2.23. The number of benzene rings is 2. The second-order valence-corrected chi connectivity index (χ2v) is 6.57. The SMILES string of the molecule is O=C(NNC(=O)C(CCO)OCc1ccccc1)C(CCO)OCc1ccccc1. The summed E-state index contributed by atoms with van der Waals surface area (Å²) in [6.45, 7) is -0.0946. The van der Waals surface area contributed by atoms with Crippen molar-refractivity contribution in [1.29, 1.82) is 0 Å². The number of ether oxygens (including phenoxy) is 2. The maximum atomic E-state index is 12.4. The van der Waals surface area contributed by atoms with Gasteiger partial charge in [-0.2, -0.15) is 0 Å². The molecule has 0 bridgehead atoms. The molecule has 2 atom stereocenters. The van der Waals surface area contributed by atoms with Crippen molar-refractivity contribution in [3.8, 4) is 0 Å². The van der Waals surface area contributed by atoms with E-state index in [0.717, 1.165) is 11.1 Å². The number of rotatable bonds is 12. The summed E-state index contributed by atoms with van der Waals surface area (Å²) in [5.74, 6) is -1.17. The summed E-state index contributed by atoms with van der Waals surface area (Å²) >= 11 is 0. The van der Waals surface area contributed by atoms with Crippen molar-refractivity contribution in [2.24, 2.45) is 0 Å². The van der Waals surface area contributed by atoms with E-state index in [1.807, 2.05) is 60.7 Å². The van der Waals surface area contributed by atoms with Gasteiger partial charge in [-0.3, -0.25) is 20.4 Å². The van der Waals surface area contributed by atoms with E-state index >= 15 is 0 Å². The van der Waals surface area contributed by atoms with Crippen molar-refractivity contribution < 1.29 is 29.3 Å². The zero-order chi connectivity index (χ0) is 21.6. The van der Waals surface area contributed by atoms with E-state index in [9.17, 15) is 19.8 Å². The molecule has 8 nitrogen and oxygen atoms in total. The first-order valence-electron chi connectivity index (χ1n) is 9.76. The minimum Gasteiger partial charge on any atom is -0.396 e. The number of nitrogens with one attached hydrogen (secondary N) is 2. The molecule has 8 heteroatoms. The van der Waals surface area contributed by atoms with E-state index in [1.165, 1.54) is 0 Å². The van der Waals surface area contributed by atoms with Gasteiger partial charge in [-0.05, 0) is 11.1 Å². The lowest BCUT2D eigenvalue weighted by molar-refractivity contribution is -0.143. The summed E-state index contributed by atoms with van der Waals surface area (Å²) in [6.07, 6.45) is -1.70. The summed E-state index contributed by atoms with van der Waals surface area (Å²) < 4.78 is 11.2. The zero-order valence-electron chi connectivity index (χ0n) is 16.7. The fraction of sp³-hybridized carbons (Fsp3) is 0.364.